The van der Waals surface area contributed by atoms with Gasteiger partial charge in [-0.2, -0.15) is 0 Å². The highest BCUT2D eigenvalue weighted by atomic mass is 35.5. The number of aromatic nitrogens is 1. The summed E-state index contributed by atoms with van der Waals surface area (Å²) in [6.07, 6.45) is 4.16. The van der Waals surface area contributed by atoms with Crippen LogP contribution in [0.1, 0.15) is 40.3 Å². The van der Waals surface area contributed by atoms with Gasteiger partial charge >= 0.3 is 0 Å². The lowest BCUT2D eigenvalue weighted by Crippen LogP contribution is -2.47. The smallest absolute Gasteiger partial charge is 0.246 e. The van der Waals surface area contributed by atoms with Crippen LogP contribution in [0.2, 0.25) is 10.0 Å². The Bertz CT molecular complexity index is 1970. The van der Waals surface area contributed by atoms with E-state index in [0.29, 0.717) is 53.7 Å². The lowest BCUT2D eigenvalue weighted by Gasteiger charge is -2.34. The zero-order chi connectivity index (χ0) is 36.5. The molecule has 0 bridgehead atoms. The predicted octanol–water partition coefficient (Wildman–Crippen LogP) is 9.75. The highest BCUT2D eigenvalue weighted by molar-refractivity contribution is 6.32. The van der Waals surface area contributed by atoms with Crippen molar-refractivity contribution in [1.82, 2.24) is 14.8 Å². The number of pyridine rings is 1. The standard InChI is InChI=1S/C43H43Cl2N3O4/c1-30-8-14-37(15-9-30)50-23-18-33-10-12-34(13-11-33)28-47-19-21-48(22-20-47)42(49)25-31(2)36-24-32(3)43(40(45)26-36)52-41-17-16-38(27-46-41)51-29-35-6-4-5-7-39(35)44/h4-17,24-27H,18-23,28-29H2,1-3H3/b31-25+. The molecule has 0 N–H and O–H groups in total. The topological polar surface area (TPSA) is 64.1 Å². The third-order valence-electron chi connectivity index (χ3n) is 9.09. The second-order valence-electron chi connectivity index (χ2n) is 13.1. The lowest BCUT2D eigenvalue weighted by molar-refractivity contribution is -0.127. The highest BCUT2D eigenvalue weighted by Gasteiger charge is 2.21. The molecule has 0 unspecified atom stereocenters. The molecule has 0 saturated carbocycles. The van der Waals surface area contributed by atoms with Gasteiger partial charge in [0.25, 0.3) is 0 Å². The zero-order valence-electron chi connectivity index (χ0n) is 29.8. The van der Waals surface area contributed by atoms with Crippen molar-refractivity contribution in [3.8, 4) is 23.1 Å². The van der Waals surface area contributed by atoms with Crippen molar-refractivity contribution in [2.75, 3.05) is 32.8 Å². The van der Waals surface area contributed by atoms with Gasteiger partial charge in [0, 0.05) is 61.9 Å². The molecule has 0 aliphatic carbocycles. The Morgan fingerprint density at radius 3 is 2.21 bits per heavy atom. The third-order valence-corrected chi connectivity index (χ3v) is 9.74. The number of nitrogens with zero attached hydrogens (tertiary/aromatic N) is 3. The van der Waals surface area contributed by atoms with Crippen molar-refractivity contribution in [2.45, 2.75) is 40.3 Å². The van der Waals surface area contributed by atoms with E-state index in [1.807, 2.05) is 67.3 Å². The lowest BCUT2D eigenvalue weighted by atomic mass is 10.0. The SMILES string of the molecule is C/C(=C\C(=O)N1CCN(Cc2ccc(CCOc3ccc(C)cc3)cc2)CC1)c1cc(C)c(Oc2ccc(OCc3ccccc3Cl)cn2)c(Cl)c1. The molecule has 52 heavy (non-hydrogen) atoms. The van der Waals surface area contributed by atoms with Crippen LogP contribution in [0.25, 0.3) is 5.57 Å². The number of allylic oxidation sites excluding steroid dienone is 1. The molecule has 4 aromatic carbocycles. The molecule has 1 aliphatic heterocycles. The van der Waals surface area contributed by atoms with E-state index in [2.05, 4.69) is 53.2 Å². The van der Waals surface area contributed by atoms with E-state index in [1.54, 1.807) is 24.4 Å². The van der Waals surface area contributed by atoms with Crippen molar-refractivity contribution in [1.29, 1.82) is 0 Å². The average Bonchev–Trinajstić information content (AvgIpc) is 3.15. The summed E-state index contributed by atoms with van der Waals surface area (Å²) in [7, 11) is 0. The molecule has 0 radical (unpaired) electrons. The Morgan fingerprint density at radius 2 is 1.52 bits per heavy atom. The maximum absolute atomic E-state index is 13.3. The summed E-state index contributed by atoms with van der Waals surface area (Å²) in [6.45, 7) is 10.8. The van der Waals surface area contributed by atoms with Gasteiger partial charge in [-0.3, -0.25) is 9.69 Å². The van der Waals surface area contributed by atoms with Crippen LogP contribution in [0.4, 0.5) is 0 Å². The van der Waals surface area contributed by atoms with Crippen molar-refractivity contribution < 1.29 is 19.0 Å². The summed E-state index contributed by atoms with van der Waals surface area (Å²) in [5.74, 6) is 2.41. The first-order valence-electron chi connectivity index (χ1n) is 17.5. The van der Waals surface area contributed by atoms with E-state index in [1.165, 1.54) is 16.7 Å². The minimum atomic E-state index is 0.00417. The van der Waals surface area contributed by atoms with E-state index < -0.39 is 0 Å². The summed E-state index contributed by atoms with van der Waals surface area (Å²) < 4.78 is 17.8. The first-order chi connectivity index (χ1) is 25.2. The Balaban J connectivity index is 0.958. The number of piperazine rings is 1. The van der Waals surface area contributed by atoms with Gasteiger partial charge in [0.05, 0.1) is 17.8 Å². The van der Waals surface area contributed by atoms with Crippen molar-refractivity contribution in [2.24, 2.45) is 0 Å². The van der Waals surface area contributed by atoms with Crippen molar-refractivity contribution >= 4 is 34.7 Å². The van der Waals surface area contributed by atoms with Crippen LogP contribution >= 0.6 is 23.2 Å². The molecule has 268 valence electrons. The number of benzene rings is 4. The number of ether oxygens (including phenoxy) is 3. The predicted molar refractivity (Wildman–Crippen MR) is 209 cm³/mol. The number of carbonyl (C=O) groups excluding carboxylic acids is 1. The van der Waals surface area contributed by atoms with Crippen LogP contribution in [-0.2, 0) is 24.4 Å². The average molecular weight is 737 g/mol. The Morgan fingerprint density at radius 1 is 0.808 bits per heavy atom. The molecule has 1 aromatic heterocycles. The fraction of sp³-hybridized carbons (Fsp3) is 0.256. The molecule has 7 nitrogen and oxygen atoms in total. The molecule has 2 heterocycles. The number of carbonyl (C=O) groups is 1. The van der Waals surface area contributed by atoms with E-state index in [9.17, 15) is 4.79 Å². The van der Waals surface area contributed by atoms with Gasteiger partial charge in [0.2, 0.25) is 11.8 Å². The molecule has 0 spiro atoms. The Kier molecular flexibility index (Phi) is 12.5. The molecule has 0 atom stereocenters. The molecule has 9 heteroatoms. The fourth-order valence-corrected chi connectivity index (χ4v) is 6.45. The highest BCUT2D eigenvalue weighted by Crippen LogP contribution is 2.35. The van der Waals surface area contributed by atoms with Crippen molar-refractivity contribution in [3.05, 3.63) is 153 Å². The largest absolute Gasteiger partial charge is 0.493 e. The van der Waals surface area contributed by atoms with Gasteiger partial charge in [0.1, 0.15) is 18.1 Å². The van der Waals surface area contributed by atoms with E-state index >= 15 is 0 Å². The Hall–Kier alpha value is -4.82. The van der Waals surface area contributed by atoms with Gasteiger partial charge < -0.3 is 19.1 Å². The van der Waals surface area contributed by atoms with Gasteiger partial charge in [-0.25, -0.2) is 4.98 Å². The van der Waals surface area contributed by atoms with Crippen LogP contribution in [0.5, 0.6) is 23.1 Å². The number of hydrogen-bond acceptors (Lipinski definition) is 6. The molecule has 1 aliphatic rings. The summed E-state index contributed by atoms with van der Waals surface area (Å²) in [5, 5.41) is 1.09. The number of rotatable bonds is 13. The normalized spacial score (nSPS) is 13.6. The maximum Gasteiger partial charge on any atom is 0.246 e. The second kappa shape index (κ2) is 17.6. The van der Waals surface area contributed by atoms with E-state index in [0.717, 1.165) is 54.1 Å². The first kappa shape index (κ1) is 37.0. The zero-order valence-corrected chi connectivity index (χ0v) is 31.3. The number of hydrogen-bond donors (Lipinski definition) is 0. The van der Waals surface area contributed by atoms with Gasteiger partial charge in [0.15, 0.2) is 5.75 Å². The summed E-state index contributed by atoms with van der Waals surface area (Å²) in [4.78, 5) is 22.0. The minimum Gasteiger partial charge on any atom is -0.493 e. The van der Waals surface area contributed by atoms with Gasteiger partial charge in [-0.05, 0) is 85.0 Å². The van der Waals surface area contributed by atoms with Crippen LogP contribution in [0, 0.1) is 13.8 Å². The molecule has 1 fully saturated rings. The van der Waals surface area contributed by atoms with Crippen LogP contribution in [0.3, 0.4) is 0 Å². The van der Waals surface area contributed by atoms with Gasteiger partial charge in [-0.15, -0.1) is 0 Å². The molecular formula is C43H43Cl2N3O4. The molecule has 1 amide bonds. The number of aryl methyl sites for hydroxylation is 2. The molecular weight excluding hydrogens is 693 g/mol. The van der Waals surface area contributed by atoms with Crippen LogP contribution < -0.4 is 14.2 Å². The van der Waals surface area contributed by atoms with Crippen LogP contribution in [0.15, 0.2) is 109 Å². The molecule has 6 rings (SSSR count). The van der Waals surface area contributed by atoms with Crippen molar-refractivity contribution in [3.63, 3.8) is 0 Å². The molecule has 1 saturated heterocycles. The fourth-order valence-electron chi connectivity index (χ4n) is 5.96. The monoisotopic (exact) mass is 735 g/mol. The summed E-state index contributed by atoms with van der Waals surface area (Å²) in [6, 6.07) is 31.8. The number of amides is 1. The second-order valence-corrected chi connectivity index (χ2v) is 13.9. The molecule has 5 aromatic rings. The summed E-state index contributed by atoms with van der Waals surface area (Å²) in [5.41, 5.74) is 7.18. The first-order valence-corrected chi connectivity index (χ1v) is 18.2. The maximum atomic E-state index is 13.3. The van der Waals surface area contributed by atoms with Gasteiger partial charge in [-0.1, -0.05) is 83.4 Å². The quantitative estimate of drug-likeness (QED) is 0.112. The minimum absolute atomic E-state index is 0.00417. The summed E-state index contributed by atoms with van der Waals surface area (Å²) >= 11 is 12.9. The third kappa shape index (κ3) is 10.2. The van der Waals surface area contributed by atoms with Crippen LogP contribution in [-0.4, -0.2) is 53.5 Å². The number of halogens is 2. The Labute approximate surface area is 316 Å². The van der Waals surface area contributed by atoms with E-state index in [4.69, 9.17) is 37.4 Å². The van der Waals surface area contributed by atoms with E-state index in [-0.39, 0.29) is 5.91 Å².